The molecule has 0 bridgehead atoms. The lowest BCUT2D eigenvalue weighted by molar-refractivity contribution is -0.133. The maximum Gasteiger partial charge on any atom is 0.328 e. The molecule has 8 nitrogen and oxygen atoms in total. The zero-order chi connectivity index (χ0) is 26.0. The molecule has 184 valence electrons. The number of ether oxygens (including phenoxy) is 1. The van der Waals surface area contributed by atoms with Crippen LogP contribution in [0.4, 0.5) is 11.4 Å². The van der Waals surface area contributed by atoms with Crippen molar-refractivity contribution >= 4 is 63.2 Å². The van der Waals surface area contributed by atoms with Gasteiger partial charge in [-0.25, -0.2) is 4.68 Å². The van der Waals surface area contributed by atoms with Crippen LogP contribution >= 0.6 is 23.2 Å². The Hall–Kier alpha value is -4.01. The number of hydrogen-bond acceptors (Lipinski definition) is 4. The van der Waals surface area contributed by atoms with E-state index in [1.54, 1.807) is 36.4 Å². The molecule has 4 aromatic rings. The molecule has 1 heterocycles. The average Bonchev–Trinajstić information content (AvgIpc) is 3.22. The summed E-state index contributed by atoms with van der Waals surface area (Å²) < 4.78 is 6.67. The summed E-state index contributed by atoms with van der Waals surface area (Å²) in [4.78, 5) is 39.0. The maximum absolute atomic E-state index is 13.2. The Bertz CT molecular complexity index is 1490. The maximum atomic E-state index is 13.2. The SMILES string of the molecule is COc1cccc2cc(C(=O)Nc3ccc(Cl)c(Cl)c3)n(NC(=O)C(=O)Nc3c(C)cccc3C)c12. The number of carbonyl (C=O) groups excluding carboxylic acids is 3. The van der Waals surface area contributed by atoms with E-state index in [0.29, 0.717) is 33.0 Å². The highest BCUT2D eigenvalue weighted by Crippen LogP contribution is 2.30. The molecule has 4 rings (SSSR count). The number of methoxy groups -OCH3 is 1. The summed E-state index contributed by atoms with van der Waals surface area (Å²) in [5.74, 6) is -2.01. The molecule has 36 heavy (non-hydrogen) atoms. The lowest BCUT2D eigenvalue weighted by atomic mass is 10.1. The molecule has 1 aromatic heterocycles. The number of anilines is 2. The van der Waals surface area contributed by atoms with Crippen LogP contribution in [0, 0.1) is 13.8 Å². The lowest BCUT2D eigenvalue weighted by Crippen LogP contribution is -2.36. The van der Waals surface area contributed by atoms with Crippen molar-refractivity contribution in [2.75, 3.05) is 23.2 Å². The number of benzene rings is 3. The summed E-state index contributed by atoms with van der Waals surface area (Å²) in [6.07, 6.45) is 0. The van der Waals surface area contributed by atoms with Gasteiger partial charge in [-0.05, 0) is 55.3 Å². The number of carbonyl (C=O) groups is 3. The fourth-order valence-corrected chi connectivity index (χ4v) is 4.08. The molecule has 0 aliphatic rings. The molecular weight excluding hydrogens is 503 g/mol. The number of hydrogen-bond donors (Lipinski definition) is 3. The van der Waals surface area contributed by atoms with E-state index in [9.17, 15) is 14.4 Å². The highest BCUT2D eigenvalue weighted by Gasteiger charge is 2.23. The highest BCUT2D eigenvalue weighted by molar-refractivity contribution is 6.43. The Balaban J connectivity index is 1.69. The number of fused-ring (bicyclic) bond motifs is 1. The molecule has 3 amide bonds. The van der Waals surface area contributed by atoms with Crippen molar-refractivity contribution in [2.24, 2.45) is 0 Å². The van der Waals surface area contributed by atoms with Gasteiger partial charge < -0.3 is 15.4 Å². The Labute approximate surface area is 217 Å². The van der Waals surface area contributed by atoms with Crippen molar-refractivity contribution in [3.05, 3.63) is 87.5 Å². The standard InChI is InChI=1S/C26H22Cl2N4O4/c1-14-6-4-7-15(2)22(14)30-25(34)26(35)31-32-20(12-16-8-5-9-21(36-3)23(16)32)24(33)29-17-10-11-18(27)19(28)13-17/h4-13H,1-3H3,(H,29,33)(H,30,34)(H,31,35). The number of aromatic nitrogens is 1. The predicted octanol–water partition coefficient (Wildman–Crippen LogP) is 5.53. The molecule has 0 unspecified atom stereocenters. The van der Waals surface area contributed by atoms with Crippen LogP contribution in [0.1, 0.15) is 21.6 Å². The summed E-state index contributed by atoms with van der Waals surface area (Å²) in [6, 6.07) is 16.9. The number of amides is 3. The number of nitrogens with zero attached hydrogens (tertiary/aromatic N) is 1. The summed E-state index contributed by atoms with van der Waals surface area (Å²) in [5.41, 5.74) is 5.57. The third-order valence-corrected chi connectivity index (χ3v) is 6.30. The summed E-state index contributed by atoms with van der Waals surface area (Å²) in [7, 11) is 1.47. The van der Waals surface area contributed by atoms with Gasteiger partial charge in [0, 0.05) is 16.8 Å². The van der Waals surface area contributed by atoms with Crippen LogP contribution in [0.5, 0.6) is 5.75 Å². The van der Waals surface area contributed by atoms with Crippen molar-refractivity contribution < 1.29 is 19.1 Å². The van der Waals surface area contributed by atoms with Gasteiger partial charge in [-0.1, -0.05) is 53.5 Å². The first-order valence-corrected chi connectivity index (χ1v) is 11.6. The smallest absolute Gasteiger partial charge is 0.328 e. The van der Waals surface area contributed by atoms with Crippen LogP contribution in [0.2, 0.25) is 10.0 Å². The van der Waals surface area contributed by atoms with Crippen molar-refractivity contribution in [2.45, 2.75) is 13.8 Å². The molecule has 0 spiro atoms. The van der Waals surface area contributed by atoms with Crippen molar-refractivity contribution in [1.82, 2.24) is 4.68 Å². The third kappa shape index (κ3) is 5.00. The van der Waals surface area contributed by atoms with E-state index in [1.165, 1.54) is 17.9 Å². The molecule has 0 aliphatic heterocycles. The highest BCUT2D eigenvalue weighted by atomic mass is 35.5. The van der Waals surface area contributed by atoms with Crippen LogP contribution in [-0.2, 0) is 9.59 Å². The second kappa shape index (κ2) is 10.3. The molecule has 0 saturated heterocycles. The van der Waals surface area contributed by atoms with Gasteiger partial charge in [-0.15, -0.1) is 0 Å². The van der Waals surface area contributed by atoms with Gasteiger partial charge in [0.2, 0.25) is 0 Å². The minimum absolute atomic E-state index is 0.0637. The van der Waals surface area contributed by atoms with Crippen molar-refractivity contribution in [1.29, 1.82) is 0 Å². The fraction of sp³-hybridized carbons (Fsp3) is 0.115. The number of rotatable bonds is 5. The molecular formula is C26H22Cl2N4O4. The fourth-order valence-electron chi connectivity index (χ4n) is 3.78. The van der Waals surface area contributed by atoms with Gasteiger partial charge in [-0.2, -0.15) is 0 Å². The summed E-state index contributed by atoms with van der Waals surface area (Å²) in [5, 5.41) is 6.60. The normalized spacial score (nSPS) is 10.7. The Morgan fingerprint density at radius 2 is 1.53 bits per heavy atom. The molecule has 0 saturated carbocycles. The van der Waals surface area contributed by atoms with Crippen LogP contribution in [-0.4, -0.2) is 29.5 Å². The van der Waals surface area contributed by atoms with Crippen molar-refractivity contribution in [3.8, 4) is 5.75 Å². The first-order chi connectivity index (χ1) is 17.2. The molecule has 0 radical (unpaired) electrons. The minimum atomic E-state index is -0.968. The first-order valence-electron chi connectivity index (χ1n) is 10.8. The first kappa shape index (κ1) is 25.1. The number of para-hydroxylation sites is 2. The van der Waals surface area contributed by atoms with Crippen LogP contribution in [0.25, 0.3) is 10.9 Å². The minimum Gasteiger partial charge on any atom is -0.494 e. The second-order valence-corrected chi connectivity index (χ2v) is 8.82. The number of aryl methyl sites for hydroxylation is 2. The van der Waals surface area contributed by atoms with E-state index in [0.717, 1.165) is 11.1 Å². The van der Waals surface area contributed by atoms with Gasteiger partial charge in [-0.3, -0.25) is 19.8 Å². The molecule has 0 atom stereocenters. The zero-order valence-corrected chi connectivity index (χ0v) is 21.1. The van der Waals surface area contributed by atoms with Gasteiger partial charge >= 0.3 is 11.8 Å². The van der Waals surface area contributed by atoms with E-state index in [4.69, 9.17) is 27.9 Å². The van der Waals surface area contributed by atoms with Crippen LogP contribution < -0.4 is 20.8 Å². The van der Waals surface area contributed by atoms with E-state index in [1.807, 2.05) is 32.0 Å². The van der Waals surface area contributed by atoms with E-state index in [-0.39, 0.29) is 10.7 Å². The molecule has 10 heteroatoms. The molecule has 0 fully saturated rings. The third-order valence-electron chi connectivity index (χ3n) is 5.56. The predicted molar refractivity (Wildman–Crippen MR) is 142 cm³/mol. The van der Waals surface area contributed by atoms with Crippen LogP contribution in [0.3, 0.4) is 0 Å². The van der Waals surface area contributed by atoms with E-state index >= 15 is 0 Å². The van der Waals surface area contributed by atoms with E-state index < -0.39 is 17.7 Å². The lowest BCUT2D eigenvalue weighted by Gasteiger charge is -2.15. The second-order valence-electron chi connectivity index (χ2n) is 8.01. The Morgan fingerprint density at radius 1 is 0.833 bits per heavy atom. The van der Waals surface area contributed by atoms with Crippen molar-refractivity contribution in [3.63, 3.8) is 0 Å². The Morgan fingerprint density at radius 3 is 2.19 bits per heavy atom. The van der Waals surface area contributed by atoms with Gasteiger partial charge in [0.1, 0.15) is 17.0 Å². The van der Waals surface area contributed by atoms with Gasteiger partial charge in [0.05, 0.1) is 17.2 Å². The monoisotopic (exact) mass is 524 g/mol. The summed E-state index contributed by atoms with van der Waals surface area (Å²) >= 11 is 12.0. The van der Waals surface area contributed by atoms with Gasteiger partial charge in [0.25, 0.3) is 5.91 Å². The van der Waals surface area contributed by atoms with Crippen LogP contribution in [0.15, 0.2) is 60.7 Å². The quantitative estimate of drug-likeness (QED) is 0.298. The molecule has 0 aliphatic carbocycles. The largest absolute Gasteiger partial charge is 0.494 e. The molecule has 3 aromatic carbocycles. The zero-order valence-electron chi connectivity index (χ0n) is 19.6. The van der Waals surface area contributed by atoms with Gasteiger partial charge in [0.15, 0.2) is 0 Å². The Kier molecular flexibility index (Phi) is 7.19. The summed E-state index contributed by atoms with van der Waals surface area (Å²) in [6.45, 7) is 3.66. The topological polar surface area (TPSA) is 101 Å². The van der Waals surface area contributed by atoms with E-state index in [2.05, 4.69) is 16.1 Å². The number of halogens is 2. The average molecular weight is 525 g/mol. The number of nitrogens with one attached hydrogen (secondary N) is 3. The molecule has 3 N–H and O–H groups in total.